The van der Waals surface area contributed by atoms with E-state index in [0.29, 0.717) is 6.54 Å². The molecular formula is C13H20N2O2S. The zero-order chi connectivity index (χ0) is 13.4. The van der Waals surface area contributed by atoms with Crippen LogP contribution in [0.3, 0.4) is 0 Å². The fourth-order valence-corrected chi connectivity index (χ4v) is 4.87. The first-order chi connectivity index (χ1) is 8.38. The van der Waals surface area contributed by atoms with Crippen molar-refractivity contribution in [2.45, 2.75) is 11.8 Å². The van der Waals surface area contributed by atoms with Crippen molar-refractivity contribution in [2.24, 2.45) is 5.73 Å². The van der Waals surface area contributed by atoms with Crippen molar-refractivity contribution in [1.29, 1.82) is 0 Å². The van der Waals surface area contributed by atoms with Crippen molar-refractivity contribution in [2.75, 3.05) is 37.0 Å². The lowest BCUT2D eigenvalue weighted by Crippen LogP contribution is -2.53. The van der Waals surface area contributed by atoms with Crippen molar-refractivity contribution in [3.8, 4) is 0 Å². The molecule has 0 saturated carbocycles. The maximum absolute atomic E-state index is 11.5. The van der Waals surface area contributed by atoms with Crippen LogP contribution in [0.4, 0.5) is 5.69 Å². The summed E-state index contributed by atoms with van der Waals surface area (Å²) in [6, 6.07) is 8.11. The van der Waals surface area contributed by atoms with Gasteiger partial charge in [0.1, 0.15) is 0 Å². The van der Waals surface area contributed by atoms with Gasteiger partial charge in [-0.05, 0) is 30.7 Å². The summed E-state index contributed by atoms with van der Waals surface area (Å²) in [5, 5.41) is 0. The third kappa shape index (κ3) is 2.37. The molecule has 2 N–H and O–H groups in total. The Morgan fingerprint density at radius 3 is 2.17 bits per heavy atom. The second kappa shape index (κ2) is 4.55. The Hall–Kier alpha value is -1.07. The summed E-state index contributed by atoms with van der Waals surface area (Å²) in [5.41, 5.74) is 7.58. The molecule has 0 aliphatic carbocycles. The van der Waals surface area contributed by atoms with E-state index in [1.54, 1.807) is 0 Å². The Morgan fingerprint density at radius 1 is 1.22 bits per heavy atom. The number of sulfone groups is 1. The average Bonchev–Trinajstić information content (AvgIpc) is 2.26. The molecule has 18 heavy (non-hydrogen) atoms. The first-order valence-electron chi connectivity index (χ1n) is 6.07. The summed E-state index contributed by atoms with van der Waals surface area (Å²) in [7, 11) is 1.12. The van der Waals surface area contributed by atoms with Crippen molar-refractivity contribution in [1.82, 2.24) is 0 Å². The Morgan fingerprint density at radius 2 is 1.78 bits per heavy atom. The molecule has 0 radical (unpaired) electrons. The predicted octanol–water partition coefficient (Wildman–Crippen LogP) is 0.768. The van der Waals surface area contributed by atoms with E-state index < -0.39 is 9.84 Å². The predicted molar refractivity (Wildman–Crippen MR) is 74.8 cm³/mol. The topological polar surface area (TPSA) is 63.4 Å². The van der Waals surface area contributed by atoms with Crippen LogP contribution in [0.25, 0.3) is 0 Å². The van der Waals surface area contributed by atoms with Crippen molar-refractivity contribution in [3.63, 3.8) is 0 Å². The van der Waals surface area contributed by atoms with Gasteiger partial charge in [0, 0.05) is 25.2 Å². The van der Waals surface area contributed by atoms with Crippen molar-refractivity contribution in [3.05, 3.63) is 29.8 Å². The minimum Gasteiger partial charge on any atom is -0.378 e. The van der Waals surface area contributed by atoms with Crippen LogP contribution in [0.15, 0.2) is 24.3 Å². The van der Waals surface area contributed by atoms with Crippen LogP contribution >= 0.6 is 0 Å². The molecule has 1 aromatic rings. The van der Waals surface area contributed by atoms with Crippen LogP contribution in [0.5, 0.6) is 0 Å². The zero-order valence-corrected chi connectivity index (χ0v) is 11.7. The monoisotopic (exact) mass is 268 g/mol. The summed E-state index contributed by atoms with van der Waals surface area (Å²) in [6.07, 6.45) is 0.730. The largest absolute Gasteiger partial charge is 0.378 e. The van der Waals surface area contributed by atoms with Crippen molar-refractivity contribution >= 4 is 15.5 Å². The van der Waals surface area contributed by atoms with Gasteiger partial charge in [-0.1, -0.05) is 12.1 Å². The lowest BCUT2D eigenvalue weighted by atomic mass is 9.80. The summed E-state index contributed by atoms with van der Waals surface area (Å²) in [4.78, 5) is 2.02. The SMILES string of the molecule is CN(C)c1ccc(C2(CCN)CS(=O)(=O)C2)cc1. The lowest BCUT2D eigenvalue weighted by molar-refractivity contribution is 0.433. The molecule has 0 aromatic heterocycles. The molecule has 0 atom stereocenters. The van der Waals surface area contributed by atoms with Gasteiger partial charge in [0.2, 0.25) is 0 Å². The average molecular weight is 268 g/mol. The molecule has 0 spiro atoms. The van der Waals surface area contributed by atoms with Gasteiger partial charge in [-0.25, -0.2) is 8.42 Å². The van der Waals surface area contributed by atoms with Gasteiger partial charge in [-0.3, -0.25) is 0 Å². The third-order valence-electron chi connectivity index (χ3n) is 3.61. The fourth-order valence-electron chi connectivity index (χ4n) is 2.64. The van der Waals surface area contributed by atoms with Crippen LogP contribution in [0.1, 0.15) is 12.0 Å². The number of hydrogen-bond acceptors (Lipinski definition) is 4. The Bertz CT molecular complexity index is 508. The molecule has 0 amide bonds. The molecule has 5 heteroatoms. The lowest BCUT2D eigenvalue weighted by Gasteiger charge is -2.41. The van der Waals surface area contributed by atoms with Crippen LogP contribution in [-0.4, -0.2) is 40.6 Å². The second-order valence-electron chi connectivity index (χ2n) is 5.29. The Labute approximate surface area is 109 Å². The number of rotatable bonds is 4. The molecule has 0 bridgehead atoms. The van der Waals surface area contributed by atoms with E-state index in [0.717, 1.165) is 17.7 Å². The van der Waals surface area contributed by atoms with E-state index in [1.165, 1.54) is 0 Å². The van der Waals surface area contributed by atoms with E-state index in [1.807, 2.05) is 43.3 Å². The summed E-state index contributed by atoms with van der Waals surface area (Å²) >= 11 is 0. The fraction of sp³-hybridized carbons (Fsp3) is 0.538. The van der Waals surface area contributed by atoms with Gasteiger partial charge in [-0.2, -0.15) is 0 Å². The van der Waals surface area contributed by atoms with Crippen molar-refractivity contribution < 1.29 is 8.42 Å². The van der Waals surface area contributed by atoms with E-state index in [-0.39, 0.29) is 16.9 Å². The Kier molecular flexibility index (Phi) is 3.38. The summed E-state index contributed by atoms with van der Waals surface area (Å²) < 4.78 is 23.0. The summed E-state index contributed by atoms with van der Waals surface area (Å²) in [5.74, 6) is 0.469. The van der Waals surface area contributed by atoms with E-state index >= 15 is 0 Å². The first-order valence-corrected chi connectivity index (χ1v) is 7.89. The quantitative estimate of drug-likeness (QED) is 0.876. The maximum atomic E-state index is 11.5. The minimum atomic E-state index is -2.85. The highest BCUT2D eigenvalue weighted by Crippen LogP contribution is 2.39. The molecule has 1 aliphatic heterocycles. The van der Waals surface area contributed by atoms with Gasteiger partial charge >= 0.3 is 0 Å². The van der Waals surface area contributed by atoms with Crippen LogP contribution in [0, 0.1) is 0 Å². The van der Waals surface area contributed by atoms with Crippen LogP contribution < -0.4 is 10.6 Å². The molecule has 0 unspecified atom stereocenters. The van der Waals surface area contributed by atoms with Crippen LogP contribution in [-0.2, 0) is 15.3 Å². The molecule has 1 fully saturated rings. The van der Waals surface area contributed by atoms with Gasteiger partial charge in [0.05, 0.1) is 11.5 Å². The Balaban J connectivity index is 2.28. The molecule has 100 valence electrons. The molecule has 1 aromatic carbocycles. The summed E-state index contributed by atoms with van der Waals surface area (Å²) in [6.45, 7) is 0.519. The van der Waals surface area contributed by atoms with Crippen LogP contribution in [0.2, 0.25) is 0 Å². The number of nitrogens with zero attached hydrogens (tertiary/aromatic N) is 1. The highest BCUT2D eigenvalue weighted by Gasteiger charge is 2.48. The molecule has 4 nitrogen and oxygen atoms in total. The molecule has 2 rings (SSSR count). The van der Waals surface area contributed by atoms with E-state index in [9.17, 15) is 8.42 Å². The second-order valence-corrected chi connectivity index (χ2v) is 7.36. The zero-order valence-electron chi connectivity index (χ0n) is 10.9. The first kappa shape index (κ1) is 13.4. The third-order valence-corrected chi connectivity index (χ3v) is 5.60. The van der Waals surface area contributed by atoms with E-state index in [2.05, 4.69) is 0 Å². The van der Waals surface area contributed by atoms with E-state index in [4.69, 9.17) is 5.73 Å². The molecule has 1 aliphatic rings. The number of nitrogens with two attached hydrogens (primary N) is 1. The number of anilines is 1. The highest BCUT2D eigenvalue weighted by atomic mass is 32.2. The number of hydrogen-bond donors (Lipinski definition) is 1. The number of benzene rings is 1. The molecule has 1 saturated heterocycles. The molecule has 1 heterocycles. The minimum absolute atomic E-state index is 0.235. The smallest absolute Gasteiger partial charge is 0.152 e. The normalized spacial score (nSPS) is 20.2. The van der Waals surface area contributed by atoms with Gasteiger partial charge in [0.25, 0.3) is 0 Å². The van der Waals surface area contributed by atoms with Gasteiger partial charge in [0.15, 0.2) is 9.84 Å². The maximum Gasteiger partial charge on any atom is 0.152 e. The highest BCUT2D eigenvalue weighted by molar-refractivity contribution is 7.93. The molecular weight excluding hydrogens is 248 g/mol. The standard InChI is InChI=1S/C13H20N2O2S/c1-15(2)12-5-3-11(4-6-12)13(7-8-14)9-18(16,17)10-13/h3-6H,7-10,14H2,1-2H3. The van der Waals surface area contributed by atoms with Gasteiger partial charge < -0.3 is 10.6 Å². The van der Waals surface area contributed by atoms with Gasteiger partial charge in [-0.15, -0.1) is 0 Å².